The Hall–Kier alpha value is -2.29. The van der Waals surface area contributed by atoms with Gasteiger partial charge in [-0.15, -0.1) is 10.2 Å². The average molecular weight is 353 g/mol. The summed E-state index contributed by atoms with van der Waals surface area (Å²) in [6.07, 6.45) is 0. The van der Waals surface area contributed by atoms with Gasteiger partial charge in [0, 0.05) is 6.04 Å². The topological polar surface area (TPSA) is 95.1 Å². The second kappa shape index (κ2) is 8.00. The normalized spacial score (nSPS) is 12.2. The number of amides is 1. The standard InChI is InChI=1S/C15H20FN5O2S/c1-9(2)18-14(22)10(3)24-15-20-19-13(21(15)17)8-23-12-6-4-11(16)5-7-12/h4-7,9-10H,8,17H2,1-3H3,(H,18,22). The molecule has 7 nitrogen and oxygen atoms in total. The molecule has 130 valence electrons. The predicted molar refractivity (Wildman–Crippen MR) is 89.5 cm³/mol. The highest BCUT2D eigenvalue weighted by Crippen LogP contribution is 2.21. The summed E-state index contributed by atoms with van der Waals surface area (Å²) in [7, 11) is 0. The van der Waals surface area contributed by atoms with Crippen LogP contribution in [0.2, 0.25) is 0 Å². The summed E-state index contributed by atoms with van der Waals surface area (Å²) < 4.78 is 19.6. The molecule has 3 N–H and O–H groups in total. The highest BCUT2D eigenvalue weighted by molar-refractivity contribution is 8.00. The third-order valence-electron chi connectivity index (χ3n) is 3.00. The van der Waals surface area contributed by atoms with Gasteiger partial charge >= 0.3 is 0 Å². The van der Waals surface area contributed by atoms with Gasteiger partial charge in [-0.1, -0.05) is 11.8 Å². The number of nitrogen functional groups attached to an aromatic ring is 1. The van der Waals surface area contributed by atoms with Crippen molar-refractivity contribution in [3.05, 3.63) is 35.9 Å². The molecule has 0 saturated carbocycles. The Labute approximate surface area is 143 Å². The molecule has 1 aromatic carbocycles. The first-order chi connectivity index (χ1) is 11.4. The molecule has 0 aliphatic rings. The largest absolute Gasteiger partial charge is 0.486 e. The van der Waals surface area contributed by atoms with E-state index in [1.54, 1.807) is 6.92 Å². The number of aromatic nitrogens is 3. The van der Waals surface area contributed by atoms with Crippen LogP contribution < -0.4 is 15.9 Å². The molecule has 1 heterocycles. The van der Waals surface area contributed by atoms with Gasteiger partial charge in [-0.25, -0.2) is 9.07 Å². The first-order valence-corrected chi connectivity index (χ1v) is 8.29. The van der Waals surface area contributed by atoms with E-state index in [1.165, 1.54) is 40.7 Å². The molecule has 9 heteroatoms. The van der Waals surface area contributed by atoms with E-state index in [4.69, 9.17) is 10.6 Å². The number of nitrogens with two attached hydrogens (primary N) is 1. The lowest BCUT2D eigenvalue weighted by molar-refractivity contribution is -0.120. The number of carbonyl (C=O) groups excluding carboxylic acids is 1. The van der Waals surface area contributed by atoms with Crippen molar-refractivity contribution in [3.8, 4) is 5.75 Å². The zero-order valence-electron chi connectivity index (χ0n) is 13.7. The van der Waals surface area contributed by atoms with Crippen LogP contribution in [0.1, 0.15) is 26.6 Å². The third-order valence-corrected chi connectivity index (χ3v) is 4.06. The molecule has 1 aromatic heterocycles. The minimum absolute atomic E-state index is 0.0657. The van der Waals surface area contributed by atoms with E-state index >= 15 is 0 Å². The molecule has 24 heavy (non-hydrogen) atoms. The summed E-state index contributed by atoms with van der Waals surface area (Å²) in [4.78, 5) is 11.9. The van der Waals surface area contributed by atoms with Gasteiger partial charge in [0.1, 0.15) is 18.2 Å². The molecular weight excluding hydrogens is 333 g/mol. The van der Waals surface area contributed by atoms with E-state index in [0.29, 0.717) is 16.7 Å². The zero-order chi connectivity index (χ0) is 17.7. The van der Waals surface area contributed by atoms with Crippen molar-refractivity contribution in [3.63, 3.8) is 0 Å². The van der Waals surface area contributed by atoms with Gasteiger partial charge in [0.25, 0.3) is 0 Å². The van der Waals surface area contributed by atoms with Crippen LogP contribution in [0.15, 0.2) is 29.4 Å². The fourth-order valence-corrected chi connectivity index (χ4v) is 2.58. The molecule has 1 unspecified atom stereocenters. The Morgan fingerprint density at radius 3 is 2.62 bits per heavy atom. The van der Waals surface area contributed by atoms with E-state index in [0.717, 1.165) is 0 Å². The molecule has 0 bridgehead atoms. The predicted octanol–water partition coefficient (Wildman–Crippen LogP) is 1.72. The Kier molecular flexibility index (Phi) is 6.02. The van der Waals surface area contributed by atoms with Gasteiger partial charge in [-0.05, 0) is 45.0 Å². The number of nitrogens with zero attached hydrogens (tertiary/aromatic N) is 3. The molecule has 0 saturated heterocycles. The maximum Gasteiger partial charge on any atom is 0.233 e. The number of benzene rings is 1. The summed E-state index contributed by atoms with van der Waals surface area (Å²) >= 11 is 1.21. The van der Waals surface area contributed by atoms with Gasteiger partial charge in [0.05, 0.1) is 5.25 Å². The highest BCUT2D eigenvalue weighted by Gasteiger charge is 2.19. The summed E-state index contributed by atoms with van der Waals surface area (Å²) in [5, 5.41) is 10.8. The van der Waals surface area contributed by atoms with Crippen LogP contribution in [0, 0.1) is 5.82 Å². The van der Waals surface area contributed by atoms with Gasteiger partial charge < -0.3 is 15.9 Å². The van der Waals surface area contributed by atoms with Gasteiger partial charge in [0.15, 0.2) is 5.82 Å². The van der Waals surface area contributed by atoms with Gasteiger partial charge in [0.2, 0.25) is 11.1 Å². The lowest BCUT2D eigenvalue weighted by Crippen LogP contribution is -2.36. The molecule has 0 radical (unpaired) electrons. The Balaban J connectivity index is 1.95. The van der Waals surface area contributed by atoms with Crippen molar-refractivity contribution >= 4 is 17.7 Å². The maximum atomic E-state index is 12.8. The minimum atomic E-state index is -0.357. The van der Waals surface area contributed by atoms with Crippen LogP contribution in [0.3, 0.4) is 0 Å². The summed E-state index contributed by atoms with van der Waals surface area (Å²) in [5.41, 5.74) is 0. The van der Waals surface area contributed by atoms with Crippen molar-refractivity contribution in [2.24, 2.45) is 0 Å². The molecule has 2 rings (SSSR count). The molecule has 0 aliphatic carbocycles. The molecule has 0 fully saturated rings. The molecule has 1 amide bonds. The number of nitrogens with one attached hydrogen (secondary N) is 1. The van der Waals surface area contributed by atoms with Crippen molar-refractivity contribution in [2.45, 2.75) is 43.8 Å². The van der Waals surface area contributed by atoms with Crippen LogP contribution in [0.25, 0.3) is 0 Å². The number of carbonyl (C=O) groups is 1. The first-order valence-electron chi connectivity index (χ1n) is 7.41. The lowest BCUT2D eigenvalue weighted by atomic mass is 10.3. The zero-order valence-corrected chi connectivity index (χ0v) is 14.5. The summed E-state index contributed by atoms with van der Waals surface area (Å²) in [5.74, 6) is 6.41. The van der Waals surface area contributed by atoms with Crippen molar-refractivity contribution in [2.75, 3.05) is 5.84 Å². The molecule has 0 spiro atoms. The number of hydrogen-bond acceptors (Lipinski definition) is 6. The maximum absolute atomic E-state index is 12.8. The molecule has 2 aromatic rings. The van der Waals surface area contributed by atoms with Crippen LogP contribution in [0.5, 0.6) is 5.75 Å². The first kappa shape index (κ1) is 18.1. The van der Waals surface area contributed by atoms with Crippen LogP contribution in [-0.2, 0) is 11.4 Å². The Bertz CT molecular complexity index is 690. The van der Waals surface area contributed by atoms with Gasteiger partial charge in [-0.3, -0.25) is 4.79 Å². The number of rotatable bonds is 7. The minimum Gasteiger partial charge on any atom is -0.486 e. The third kappa shape index (κ3) is 4.85. The quantitative estimate of drug-likeness (QED) is 0.581. The van der Waals surface area contributed by atoms with E-state index in [9.17, 15) is 9.18 Å². The number of ether oxygens (including phenoxy) is 1. The SMILES string of the molecule is CC(C)NC(=O)C(C)Sc1nnc(COc2ccc(F)cc2)n1N. The average Bonchev–Trinajstić information content (AvgIpc) is 2.86. The van der Waals surface area contributed by atoms with E-state index < -0.39 is 0 Å². The summed E-state index contributed by atoms with van der Waals surface area (Å²) in [6.45, 7) is 5.64. The van der Waals surface area contributed by atoms with E-state index in [-0.39, 0.29) is 29.6 Å². The lowest BCUT2D eigenvalue weighted by Gasteiger charge is -2.13. The molecule has 0 aliphatic heterocycles. The fraction of sp³-hybridized carbons (Fsp3) is 0.400. The van der Waals surface area contributed by atoms with Crippen LogP contribution in [-0.4, -0.2) is 32.1 Å². The van der Waals surface area contributed by atoms with Crippen molar-refractivity contribution < 1.29 is 13.9 Å². The Morgan fingerprint density at radius 2 is 2.00 bits per heavy atom. The number of thioether (sulfide) groups is 1. The smallest absolute Gasteiger partial charge is 0.233 e. The number of hydrogen-bond donors (Lipinski definition) is 2. The highest BCUT2D eigenvalue weighted by atomic mass is 32.2. The number of halogens is 1. The van der Waals surface area contributed by atoms with E-state index in [2.05, 4.69) is 15.5 Å². The molecule has 1 atom stereocenters. The van der Waals surface area contributed by atoms with Crippen LogP contribution >= 0.6 is 11.8 Å². The Morgan fingerprint density at radius 1 is 1.33 bits per heavy atom. The van der Waals surface area contributed by atoms with Gasteiger partial charge in [-0.2, -0.15) is 0 Å². The second-order valence-corrected chi connectivity index (χ2v) is 6.74. The van der Waals surface area contributed by atoms with Crippen molar-refractivity contribution in [1.82, 2.24) is 20.2 Å². The summed E-state index contributed by atoms with van der Waals surface area (Å²) in [6, 6.07) is 5.70. The second-order valence-electron chi connectivity index (χ2n) is 5.43. The monoisotopic (exact) mass is 353 g/mol. The fourth-order valence-electron chi connectivity index (χ4n) is 1.78. The van der Waals surface area contributed by atoms with E-state index in [1.807, 2.05) is 13.8 Å². The van der Waals surface area contributed by atoms with Crippen LogP contribution in [0.4, 0.5) is 4.39 Å². The molecular formula is C15H20FN5O2S. The van der Waals surface area contributed by atoms with Crippen molar-refractivity contribution in [1.29, 1.82) is 0 Å².